The largest absolute Gasteiger partial charge is 0.371 e. The smallest absolute Gasteiger partial charge is 0.332 e. The van der Waals surface area contributed by atoms with Gasteiger partial charge in [0.15, 0.2) is 0 Å². The minimum Gasteiger partial charge on any atom is -0.371 e. The highest BCUT2D eigenvalue weighted by Gasteiger charge is 2.37. The van der Waals surface area contributed by atoms with Crippen molar-refractivity contribution in [2.45, 2.75) is 19.6 Å². The lowest BCUT2D eigenvalue weighted by atomic mass is 10.2. The SMILES string of the molecule is CN1CN(C(C)(C)O)c2c1c(=O)n(C)c(=O)n2C. The van der Waals surface area contributed by atoms with E-state index < -0.39 is 11.4 Å². The average molecular weight is 254 g/mol. The van der Waals surface area contributed by atoms with Gasteiger partial charge in [0.1, 0.15) is 17.2 Å². The molecule has 0 fully saturated rings. The highest BCUT2D eigenvalue weighted by molar-refractivity contribution is 5.72. The predicted octanol–water partition coefficient (Wildman–Crippen LogP) is -0.974. The second kappa shape index (κ2) is 3.61. The number of hydrogen-bond donors (Lipinski definition) is 1. The number of nitrogens with zero attached hydrogens (tertiary/aromatic N) is 4. The molecule has 2 rings (SSSR count). The minimum absolute atomic E-state index is 0.345. The Morgan fingerprint density at radius 1 is 1.11 bits per heavy atom. The lowest BCUT2D eigenvalue weighted by molar-refractivity contribution is 0.0765. The topological polar surface area (TPSA) is 70.7 Å². The van der Waals surface area contributed by atoms with Crippen molar-refractivity contribution in [3.63, 3.8) is 0 Å². The van der Waals surface area contributed by atoms with Gasteiger partial charge < -0.3 is 14.9 Å². The van der Waals surface area contributed by atoms with Gasteiger partial charge in [-0.2, -0.15) is 0 Å². The van der Waals surface area contributed by atoms with Gasteiger partial charge in [-0.05, 0) is 13.8 Å². The van der Waals surface area contributed by atoms with Gasteiger partial charge in [0.05, 0.1) is 6.67 Å². The van der Waals surface area contributed by atoms with Gasteiger partial charge in [0.2, 0.25) is 0 Å². The molecule has 1 aromatic rings. The number of fused-ring (bicyclic) bond motifs is 1. The molecule has 100 valence electrons. The monoisotopic (exact) mass is 254 g/mol. The van der Waals surface area contributed by atoms with Crippen molar-refractivity contribution in [3.8, 4) is 0 Å². The summed E-state index contributed by atoms with van der Waals surface area (Å²) in [5.74, 6) is 0.457. The van der Waals surface area contributed by atoms with Crippen LogP contribution in [-0.4, -0.2) is 33.7 Å². The van der Waals surface area contributed by atoms with Crippen LogP contribution in [0.5, 0.6) is 0 Å². The molecule has 0 aliphatic carbocycles. The summed E-state index contributed by atoms with van der Waals surface area (Å²) in [6, 6.07) is 0. The molecule has 1 aliphatic rings. The van der Waals surface area contributed by atoms with Crippen LogP contribution in [0.25, 0.3) is 0 Å². The molecule has 0 bridgehead atoms. The second-order valence-electron chi connectivity index (χ2n) is 5.14. The molecular formula is C11H18N4O3. The molecule has 0 amide bonds. The van der Waals surface area contributed by atoms with E-state index in [9.17, 15) is 14.7 Å². The van der Waals surface area contributed by atoms with Crippen LogP contribution in [0, 0.1) is 0 Å². The van der Waals surface area contributed by atoms with Gasteiger partial charge >= 0.3 is 5.69 Å². The molecule has 0 aromatic carbocycles. The fourth-order valence-electron chi connectivity index (χ4n) is 2.24. The molecule has 7 nitrogen and oxygen atoms in total. The van der Waals surface area contributed by atoms with Crippen molar-refractivity contribution < 1.29 is 5.11 Å². The predicted molar refractivity (Wildman–Crippen MR) is 69.0 cm³/mol. The maximum absolute atomic E-state index is 12.1. The van der Waals surface area contributed by atoms with E-state index in [4.69, 9.17) is 0 Å². The molecule has 0 saturated heterocycles. The molecule has 0 radical (unpaired) electrons. The summed E-state index contributed by atoms with van der Waals surface area (Å²) in [5.41, 5.74) is -1.46. The molecule has 1 N–H and O–H groups in total. The van der Waals surface area contributed by atoms with Gasteiger partial charge in [0.25, 0.3) is 5.56 Å². The molecule has 1 aliphatic heterocycles. The molecule has 0 spiro atoms. The van der Waals surface area contributed by atoms with Crippen molar-refractivity contribution in [2.75, 3.05) is 23.5 Å². The van der Waals surface area contributed by atoms with Crippen LogP contribution in [-0.2, 0) is 14.1 Å². The van der Waals surface area contributed by atoms with Gasteiger partial charge in [-0.15, -0.1) is 0 Å². The van der Waals surface area contributed by atoms with Gasteiger partial charge in [-0.25, -0.2) is 4.79 Å². The van der Waals surface area contributed by atoms with E-state index in [-0.39, 0.29) is 5.56 Å². The maximum atomic E-state index is 12.1. The van der Waals surface area contributed by atoms with Crippen LogP contribution in [0.3, 0.4) is 0 Å². The Morgan fingerprint density at radius 3 is 2.17 bits per heavy atom. The van der Waals surface area contributed by atoms with Crippen molar-refractivity contribution in [3.05, 3.63) is 20.8 Å². The van der Waals surface area contributed by atoms with Crippen molar-refractivity contribution >= 4 is 11.5 Å². The summed E-state index contributed by atoms with van der Waals surface area (Å²) >= 11 is 0. The molecule has 2 heterocycles. The lowest BCUT2D eigenvalue weighted by Crippen LogP contribution is -2.47. The zero-order chi connectivity index (χ0) is 13.8. The first-order chi connectivity index (χ1) is 8.16. The van der Waals surface area contributed by atoms with Crippen LogP contribution in [0.4, 0.5) is 11.5 Å². The average Bonchev–Trinajstić information content (AvgIpc) is 2.61. The zero-order valence-corrected chi connectivity index (χ0v) is 11.3. The number of anilines is 2. The van der Waals surface area contributed by atoms with E-state index in [1.165, 1.54) is 11.6 Å². The van der Waals surface area contributed by atoms with Crippen LogP contribution >= 0.6 is 0 Å². The van der Waals surface area contributed by atoms with Crippen molar-refractivity contribution in [1.82, 2.24) is 9.13 Å². The fourth-order valence-corrected chi connectivity index (χ4v) is 2.24. The molecule has 0 saturated carbocycles. The number of rotatable bonds is 1. The molecule has 1 aromatic heterocycles. The Balaban J connectivity index is 2.84. The first-order valence-electron chi connectivity index (χ1n) is 5.67. The number of aliphatic hydroxyl groups is 1. The highest BCUT2D eigenvalue weighted by Crippen LogP contribution is 2.34. The third-order valence-corrected chi connectivity index (χ3v) is 3.26. The minimum atomic E-state index is -1.14. The Labute approximate surface area is 104 Å². The van der Waals surface area contributed by atoms with Gasteiger partial charge in [-0.1, -0.05) is 0 Å². The molecule has 7 heteroatoms. The van der Waals surface area contributed by atoms with Crippen molar-refractivity contribution in [1.29, 1.82) is 0 Å². The van der Waals surface area contributed by atoms with Crippen LogP contribution < -0.4 is 21.0 Å². The Hall–Kier alpha value is -1.76. The first-order valence-corrected chi connectivity index (χ1v) is 5.67. The Morgan fingerprint density at radius 2 is 1.67 bits per heavy atom. The third kappa shape index (κ3) is 1.54. The summed E-state index contributed by atoms with van der Waals surface area (Å²) in [6.45, 7) is 3.61. The highest BCUT2D eigenvalue weighted by atomic mass is 16.3. The van der Waals surface area contributed by atoms with Gasteiger partial charge in [0, 0.05) is 21.1 Å². The third-order valence-electron chi connectivity index (χ3n) is 3.26. The quantitative estimate of drug-likeness (QED) is 0.698. The second-order valence-corrected chi connectivity index (χ2v) is 5.14. The summed E-state index contributed by atoms with van der Waals surface area (Å²) in [6.07, 6.45) is 0. The fraction of sp³-hybridized carbons (Fsp3) is 0.636. The number of hydrogen-bond acceptors (Lipinski definition) is 5. The van der Waals surface area contributed by atoms with E-state index in [1.807, 2.05) is 0 Å². The van der Waals surface area contributed by atoms with E-state index in [2.05, 4.69) is 0 Å². The summed E-state index contributed by atoms with van der Waals surface area (Å²) in [5, 5.41) is 10.1. The van der Waals surface area contributed by atoms with E-state index in [0.29, 0.717) is 18.2 Å². The molecular weight excluding hydrogens is 236 g/mol. The van der Waals surface area contributed by atoms with E-state index in [1.54, 1.807) is 37.7 Å². The lowest BCUT2D eigenvalue weighted by Gasteiger charge is -2.32. The maximum Gasteiger partial charge on any atom is 0.332 e. The summed E-state index contributed by atoms with van der Waals surface area (Å²) in [7, 11) is 4.81. The zero-order valence-electron chi connectivity index (χ0n) is 11.3. The summed E-state index contributed by atoms with van der Waals surface area (Å²) < 4.78 is 2.46. The molecule has 18 heavy (non-hydrogen) atoms. The molecule has 0 unspecified atom stereocenters. The number of aromatic nitrogens is 2. The van der Waals surface area contributed by atoms with E-state index >= 15 is 0 Å². The Bertz CT molecular complexity index is 608. The van der Waals surface area contributed by atoms with E-state index in [0.717, 1.165) is 4.57 Å². The molecule has 0 atom stereocenters. The first kappa shape index (κ1) is 12.7. The van der Waals surface area contributed by atoms with Gasteiger partial charge in [-0.3, -0.25) is 13.9 Å². The normalized spacial score (nSPS) is 15.2. The Kier molecular flexibility index (Phi) is 2.55. The standard InChI is InChI=1S/C11H18N4O3/c1-11(2,18)15-6-12(3)7-8(15)13(4)10(17)14(5)9(7)16/h18H,6H2,1-5H3. The van der Waals surface area contributed by atoms with Crippen LogP contribution in [0.1, 0.15) is 13.8 Å². The van der Waals surface area contributed by atoms with Crippen LogP contribution in [0.2, 0.25) is 0 Å². The summed E-state index contributed by atoms with van der Waals surface area (Å²) in [4.78, 5) is 27.4. The van der Waals surface area contributed by atoms with Crippen molar-refractivity contribution in [2.24, 2.45) is 14.1 Å². The van der Waals surface area contributed by atoms with Crippen LogP contribution in [0.15, 0.2) is 9.59 Å².